The highest BCUT2D eigenvalue weighted by Gasteiger charge is 2.10. The summed E-state index contributed by atoms with van der Waals surface area (Å²) in [5, 5.41) is 6.18. The van der Waals surface area contributed by atoms with Crippen molar-refractivity contribution in [2.45, 2.75) is 32.2 Å². The van der Waals surface area contributed by atoms with Crippen LogP contribution < -0.4 is 10.6 Å². The van der Waals surface area contributed by atoms with E-state index in [9.17, 15) is 4.79 Å². The van der Waals surface area contributed by atoms with Crippen molar-refractivity contribution in [3.63, 3.8) is 0 Å². The van der Waals surface area contributed by atoms with Crippen molar-refractivity contribution in [1.82, 2.24) is 10.2 Å². The fourth-order valence-electron chi connectivity index (χ4n) is 2.75. The first-order chi connectivity index (χ1) is 10.8. The molecule has 122 valence electrons. The van der Waals surface area contributed by atoms with Crippen LogP contribution in [0.3, 0.4) is 0 Å². The summed E-state index contributed by atoms with van der Waals surface area (Å²) in [6.07, 6.45) is 4.91. The van der Waals surface area contributed by atoms with E-state index >= 15 is 0 Å². The van der Waals surface area contributed by atoms with E-state index in [2.05, 4.69) is 39.8 Å². The summed E-state index contributed by atoms with van der Waals surface area (Å²) in [5.74, 6) is -0.0726. The molecule has 2 rings (SSSR count). The molecule has 1 heterocycles. The van der Waals surface area contributed by atoms with Crippen molar-refractivity contribution in [2.24, 2.45) is 0 Å². The van der Waals surface area contributed by atoms with E-state index < -0.39 is 0 Å². The number of piperidine rings is 1. The van der Waals surface area contributed by atoms with Crippen molar-refractivity contribution >= 4 is 23.2 Å². The average Bonchev–Trinajstić information content (AvgIpc) is 2.55. The highest BCUT2D eigenvalue weighted by atomic mass is 35.5. The minimum Gasteiger partial charge on any atom is -0.385 e. The second-order valence-corrected chi connectivity index (χ2v) is 6.07. The van der Waals surface area contributed by atoms with E-state index in [1.165, 1.54) is 37.9 Å². The summed E-state index contributed by atoms with van der Waals surface area (Å²) in [6, 6.07) is 8.63. The number of hydrogen-bond donors (Lipinski definition) is 2. The molecule has 0 aromatic heterocycles. The first-order valence-corrected chi connectivity index (χ1v) is 8.69. The minimum absolute atomic E-state index is 0.0337. The molecule has 1 saturated heterocycles. The number of anilines is 1. The second-order valence-electron chi connectivity index (χ2n) is 5.80. The van der Waals surface area contributed by atoms with Crippen LogP contribution in [0.5, 0.6) is 0 Å². The van der Waals surface area contributed by atoms with Crippen LogP contribution in [0.1, 0.15) is 31.2 Å². The third-order valence-electron chi connectivity index (χ3n) is 3.91. The maximum absolute atomic E-state index is 11.0. The third-order valence-corrected chi connectivity index (χ3v) is 4.15. The fourth-order valence-corrected chi connectivity index (χ4v) is 2.85. The first kappa shape index (κ1) is 17.1. The van der Waals surface area contributed by atoms with Gasteiger partial charge >= 0.3 is 0 Å². The molecule has 0 bridgehead atoms. The monoisotopic (exact) mass is 323 g/mol. The summed E-state index contributed by atoms with van der Waals surface area (Å²) in [6.45, 7) is 4.99. The lowest BCUT2D eigenvalue weighted by atomic mass is 10.1. The number of carbonyl (C=O) groups is 1. The quantitative estimate of drug-likeness (QED) is 0.571. The Kier molecular flexibility index (Phi) is 7.54. The van der Waals surface area contributed by atoms with Crippen LogP contribution in [-0.2, 0) is 11.3 Å². The van der Waals surface area contributed by atoms with Gasteiger partial charge in [-0.25, -0.2) is 0 Å². The lowest BCUT2D eigenvalue weighted by Crippen LogP contribution is -2.29. The predicted octanol–water partition coefficient (Wildman–Crippen LogP) is 2.83. The van der Waals surface area contributed by atoms with Gasteiger partial charge in [-0.2, -0.15) is 0 Å². The number of nitrogens with zero attached hydrogens (tertiary/aromatic N) is 1. The molecule has 0 radical (unpaired) electrons. The van der Waals surface area contributed by atoms with Crippen LogP contribution in [0.2, 0.25) is 0 Å². The molecule has 0 saturated carbocycles. The molecule has 1 aliphatic heterocycles. The van der Waals surface area contributed by atoms with E-state index in [1.807, 2.05) is 0 Å². The van der Waals surface area contributed by atoms with Gasteiger partial charge in [0.25, 0.3) is 0 Å². The van der Waals surface area contributed by atoms with Crippen LogP contribution in [-0.4, -0.2) is 42.9 Å². The van der Waals surface area contributed by atoms with Crippen LogP contribution in [0.15, 0.2) is 24.3 Å². The highest BCUT2D eigenvalue weighted by Crippen LogP contribution is 2.16. The Bertz CT molecular complexity index is 461. The molecule has 22 heavy (non-hydrogen) atoms. The van der Waals surface area contributed by atoms with Gasteiger partial charge in [0.2, 0.25) is 5.91 Å². The number of likely N-dealkylation sites (tertiary alicyclic amines) is 1. The van der Waals surface area contributed by atoms with Gasteiger partial charge in [0.15, 0.2) is 0 Å². The van der Waals surface area contributed by atoms with Crippen LogP contribution in [0.4, 0.5) is 5.69 Å². The zero-order valence-corrected chi connectivity index (χ0v) is 13.9. The first-order valence-electron chi connectivity index (χ1n) is 8.16. The third kappa shape index (κ3) is 6.24. The molecule has 0 atom stereocenters. The summed E-state index contributed by atoms with van der Waals surface area (Å²) in [7, 11) is 0. The van der Waals surface area contributed by atoms with Crippen LogP contribution >= 0.6 is 11.6 Å². The van der Waals surface area contributed by atoms with Crippen molar-refractivity contribution in [3.05, 3.63) is 29.8 Å². The maximum atomic E-state index is 11.0. The van der Waals surface area contributed by atoms with Gasteiger partial charge in [0, 0.05) is 25.3 Å². The van der Waals surface area contributed by atoms with Gasteiger partial charge < -0.3 is 10.6 Å². The number of benzene rings is 1. The van der Waals surface area contributed by atoms with E-state index in [1.54, 1.807) is 0 Å². The Morgan fingerprint density at radius 2 is 2.00 bits per heavy atom. The highest BCUT2D eigenvalue weighted by molar-refractivity contribution is 6.27. The molecule has 1 aromatic carbocycles. The molecule has 1 aliphatic rings. The fraction of sp³-hybridized carbons (Fsp3) is 0.588. The maximum Gasteiger partial charge on any atom is 0.234 e. The summed E-state index contributed by atoms with van der Waals surface area (Å²) < 4.78 is 0. The predicted molar refractivity (Wildman–Crippen MR) is 92.4 cm³/mol. The minimum atomic E-state index is -0.106. The number of hydrogen-bond acceptors (Lipinski definition) is 3. The summed E-state index contributed by atoms with van der Waals surface area (Å²) >= 11 is 5.43. The van der Waals surface area contributed by atoms with Gasteiger partial charge in [-0.3, -0.25) is 9.69 Å². The molecule has 0 spiro atoms. The zero-order chi connectivity index (χ0) is 15.6. The molecule has 1 fully saturated rings. The average molecular weight is 324 g/mol. The SMILES string of the molecule is O=C(CCl)NCCCNc1cccc(CN2CCCCC2)c1. The van der Waals surface area contributed by atoms with Crippen molar-refractivity contribution < 1.29 is 4.79 Å². The van der Waals surface area contributed by atoms with Crippen molar-refractivity contribution in [1.29, 1.82) is 0 Å². The van der Waals surface area contributed by atoms with E-state index in [0.717, 1.165) is 25.2 Å². The molecule has 1 amide bonds. The smallest absolute Gasteiger partial charge is 0.234 e. The van der Waals surface area contributed by atoms with Crippen LogP contribution in [0.25, 0.3) is 0 Å². The van der Waals surface area contributed by atoms with E-state index in [4.69, 9.17) is 11.6 Å². The standard InChI is InChI=1S/C17H26ClN3O/c18-13-17(22)20-9-5-8-19-16-7-4-6-15(12-16)14-21-10-2-1-3-11-21/h4,6-7,12,19H,1-3,5,8-11,13-14H2,(H,20,22). The summed E-state index contributed by atoms with van der Waals surface area (Å²) in [4.78, 5) is 13.5. The van der Waals surface area contributed by atoms with E-state index in [-0.39, 0.29) is 11.8 Å². The molecular formula is C17H26ClN3O. The molecule has 0 unspecified atom stereocenters. The molecule has 2 N–H and O–H groups in total. The number of alkyl halides is 1. The second kappa shape index (κ2) is 9.70. The molecule has 5 heteroatoms. The normalized spacial score (nSPS) is 15.5. The number of amides is 1. The molecule has 0 aliphatic carbocycles. The Hall–Kier alpha value is -1.26. The molecule has 1 aromatic rings. The molecular weight excluding hydrogens is 298 g/mol. The van der Waals surface area contributed by atoms with Crippen molar-refractivity contribution in [3.8, 4) is 0 Å². The van der Waals surface area contributed by atoms with Gasteiger partial charge in [0.05, 0.1) is 0 Å². The van der Waals surface area contributed by atoms with Crippen molar-refractivity contribution in [2.75, 3.05) is 37.4 Å². The Labute approximate surface area is 138 Å². The summed E-state index contributed by atoms with van der Waals surface area (Å²) in [5.41, 5.74) is 2.51. The van der Waals surface area contributed by atoms with Gasteiger partial charge in [0.1, 0.15) is 5.88 Å². The lowest BCUT2D eigenvalue weighted by Gasteiger charge is -2.26. The Morgan fingerprint density at radius 3 is 2.77 bits per heavy atom. The largest absolute Gasteiger partial charge is 0.385 e. The molecule has 4 nitrogen and oxygen atoms in total. The van der Waals surface area contributed by atoms with Crippen LogP contribution in [0, 0.1) is 0 Å². The van der Waals surface area contributed by atoms with Gasteiger partial charge in [-0.15, -0.1) is 11.6 Å². The topological polar surface area (TPSA) is 44.4 Å². The number of carbonyl (C=O) groups excluding carboxylic acids is 1. The Morgan fingerprint density at radius 1 is 1.18 bits per heavy atom. The Balaban J connectivity index is 1.70. The number of rotatable bonds is 8. The number of nitrogens with one attached hydrogen (secondary N) is 2. The van der Waals surface area contributed by atoms with E-state index in [0.29, 0.717) is 6.54 Å². The lowest BCUT2D eigenvalue weighted by molar-refractivity contribution is -0.118. The van der Waals surface area contributed by atoms with Gasteiger partial charge in [-0.1, -0.05) is 18.6 Å². The van der Waals surface area contributed by atoms with Gasteiger partial charge in [-0.05, 0) is 50.0 Å². The zero-order valence-electron chi connectivity index (χ0n) is 13.1. The number of halogens is 1.